The Labute approximate surface area is 177 Å². The van der Waals surface area contributed by atoms with Crippen LogP contribution in [0, 0.1) is 0 Å². The van der Waals surface area contributed by atoms with Crippen LogP contribution < -0.4 is 21.5 Å². The van der Waals surface area contributed by atoms with E-state index >= 15 is 0 Å². The normalized spacial score (nSPS) is 14.9. The van der Waals surface area contributed by atoms with Crippen molar-refractivity contribution in [3.05, 3.63) is 55.8 Å². The van der Waals surface area contributed by atoms with Gasteiger partial charge in [-0.05, 0) is 24.6 Å². The largest absolute Gasteiger partial charge is 0.360 e. The quantitative estimate of drug-likeness (QED) is 0.625. The highest BCUT2D eigenvalue weighted by Gasteiger charge is 2.20. The molecule has 2 aromatic heterocycles. The molecule has 0 saturated carbocycles. The molecule has 0 aliphatic carbocycles. The van der Waals surface area contributed by atoms with E-state index in [4.69, 9.17) is 0 Å². The SMILES string of the molecule is CCn1c(=O)[nH]c2cc(CN3CCN(c4cnc(C(=O)NC)s4)CC3)ccc2c1=O. The van der Waals surface area contributed by atoms with Gasteiger partial charge in [0.15, 0.2) is 5.01 Å². The number of thiazole rings is 1. The monoisotopic (exact) mass is 428 g/mol. The Morgan fingerprint density at radius 1 is 1.23 bits per heavy atom. The first-order chi connectivity index (χ1) is 14.5. The molecule has 0 atom stereocenters. The Morgan fingerprint density at radius 2 is 2.00 bits per heavy atom. The van der Waals surface area contributed by atoms with Gasteiger partial charge < -0.3 is 15.2 Å². The minimum Gasteiger partial charge on any atom is -0.360 e. The highest BCUT2D eigenvalue weighted by atomic mass is 32.1. The smallest absolute Gasteiger partial charge is 0.328 e. The molecule has 0 bridgehead atoms. The van der Waals surface area contributed by atoms with Crippen LogP contribution in [0.25, 0.3) is 10.9 Å². The number of nitrogens with one attached hydrogen (secondary N) is 2. The Bertz CT molecular complexity index is 1190. The number of aromatic amines is 1. The Morgan fingerprint density at radius 3 is 2.70 bits per heavy atom. The number of hydrogen-bond acceptors (Lipinski definition) is 7. The van der Waals surface area contributed by atoms with Crippen molar-refractivity contribution in [3.63, 3.8) is 0 Å². The fourth-order valence-electron chi connectivity index (χ4n) is 3.70. The molecule has 1 aromatic carbocycles. The molecule has 1 saturated heterocycles. The summed E-state index contributed by atoms with van der Waals surface area (Å²) in [6, 6.07) is 5.64. The first kappa shape index (κ1) is 20.3. The molecular weight excluding hydrogens is 404 g/mol. The lowest BCUT2D eigenvalue weighted by Crippen LogP contribution is -2.45. The van der Waals surface area contributed by atoms with E-state index in [1.54, 1.807) is 26.2 Å². The van der Waals surface area contributed by atoms with Crippen molar-refractivity contribution in [3.8, 4) is 0 Å². The summed E-state index contributed by atoms with van der Waals surface area (Å²) in [6.07, 6.45) is 1.76. The zero-order valence-electron chi connectivity index (χ0n) is 17.0. The van der Waals surface area contributed by atoms with Crippen molar-refractivity contribution in [1.29, 1.82) is 0 Å². The van der Waals surface area contributed by atoms with Gasteiger partial charge in [0.1, 0.15) is 5.00 Å². The summed E-state index contributed by atoms with van der Waals surface area (Å²) in [5, 5.41) is 4.60. The first-order valence-electron chi connectivity index (χ1n) is 9.91. The Balaban J connectivity index is 1.43. The van der Waals surface area contributed by atoms with Crippen LogP contribution in [-0.2, 0) is 13.1 Å². The highest BCUT2D eigenvalue weighted by molar-refractivity contribution is 7.17. The number of aromatic nitrogens is 3. The fourth-order valence-corrected chi connectivity index (χ4v) is 4.61. The summed E-state index contributed by atoms with van der Waals surface area (Å²) in [5.74, 6) is -0.162. The minimum absolute atomic E-state index is 0.162. The molecule has 158 valence electrons. The van der Waals surface area contributed by atoms with Gasteiger partial charge in [0.05, 0.1) is 17.1 Å². The van der Waals surface area contributed by atoms with E-state index in [1.807, 2.05) is 12.1 Å². The topological polar surface area (TPSA) is 103 Å². The molecule has 1 aliphatic heterocycles. The van der Waals surface area contributed by atoms with Crippen LogP contribution in [0.15, 0.2) is 34.0 Å². The fraction of sp³-hybridized carbons (Fsp3) is 0.400. The summed E-state index contributed by atoms with van der Waals surface area (Å²) in [5.41, 5.74) is 1.01. The third-order valence-corrected chi connectivity index (χ3v) is 6.42. The van der Waals surface area contributed by atoms with E-state index in [1.165, 1.54) is 15.9 Å². The summed E-state index contributed by atoms with van der Waals surface area (Å²) in [4.78, 5) is 47.8. The summed E-state index contributed by atoms with van der Waals surface area (Å²) >= 11 is 1.40. The molecule has 9 nitrogen and oxygen atoms in total. The van der Waals surface area contributed by atoms with Gasteiger partial charge >= 0.3 is 5.69 Å². The lowest BCUT2D eigenvalue weighted by atomic mass is 10.1. The van der Waals surface area contributed by atoms with Gasteiger partial charge in [0.25, 0.3) is 11.5 Å². The van der Waals surface area contributed by atoms with Gasteiger partial charge in [0.2, 0.25) is 0 Å². The van der Waals surface area contributed by atoms with Crippen molar-refractivity contribution in [2.45, 2.75) is 20.0 Å². The maximum Gasteiger partial charge on any atom is 0.328 e. The first-order valence-corrected chi connectivity index (χ1v) is 10.7. The number of hydrogen-bond donors (Lipinski definition) is 2. The van der Waals surface area contributed by atoms with Gasteiger partial charge in [-0.15, -0.1) is 0 Å². The highest BCUT2D eigenvalue weighted by Crippen LogP contribution is 2.25. The average Bonchev–Trinajstić information content (AvgIpc) is 3.24. The maximum atomic E-state index is 12.4. The minimum atomic E-state index is -0.374. The number of rotatable bonds is 5. The van der Waals surface area contributed by atoms with Crippen LogP contribution >= 0.6 is 11.3 Å². The van der Waals surface area contributed by atoms with E-state index in [0.717, 1.165) is 43.3 Å². The van der Waals surface area contributed by atoms with Crippen LogP contribution in [0.1, 0.15) is 22.3 Å². The van der Waals surface area contributed by atoms with Gasteiger partial charge in [-0.25, -0.2) is 9.78 Å². The second-order valence-electron chi connectivity index (χ2n) is 7.21. The predicted molar refractivity (Wildman–Crippen MR) is 117 cm³/mol. The molecule has 0 unspecified atom stereocenters. The predicted octanol–water partition coefficient (Wildman–Crippen LogP) is 0.848. The van der Waals surface area contributed by atoms with E-state index in [2.05, 4.69) is 25.1 Å². The number of H-pyrrole nitrogens is 1. The standard InChI is InChI=1S/C20H24N6O3S/c1-3-26-19(28)14-5-4-13(10-15(14)23-20(26)29)12-24-6-8-25(9-7-24)16-11-22-18(30-16)17(27)21-2/h4-5,10-11H,3,6-9,12H2,1-2H3,(H,21,27)(H,23,29). The number of nitrogens with zero attached hydrogens (tertiary/aromatic N) is 4. The van der Waals surface area contributed by atoms with Crippen molar-refractivity contribution in [2.24, 2.45) is 0 Å². The van der Waals surface area contributed by atoms with E-state index in [0.29, 0.717) is 22.5 Å². The van der Waals surface area contributed by atoms with Crippen molar-refractivity contribution >= 4 is 33.1 Å². The molecule has 1 amide bonds. The summed E-state index contributed by atoms with van der Waals surface area (Å²) < 4.78 is 1.20. The maximum absolute atomic E-state index is 12.4. The number of amides is 1. The molecule has 3 aromatic rings. The van der Waals surface area contributed by atoms with Crippen LogP contribution in [0.3, 0.4) is 0 Å². The zero-order valence-corrected chi connectivity index (χ0v) is 17.8. The van der Waals surface area contributed by atoms with Crippen LogP contribution in [0.2, 0.25) is 0 Å². The van der Waals surface area contributed by atoms with Crippen molar-refractivity contribution < 1.29 is 4.79 Å². The number of carbonyl (C=O) groups is 1. The molecular formula is C20H24N6O3S. The molecule has 2 N–H and O–H groups in total. The Kier molecular flexibility index (Phi) is 5.69. The average molecular weight is 429 g/mol. The molecule has 10 heteroatoms. The Hall–Kier alpha value is -2.98. The zero-order chi connectivity index (χ0) is 21.3. The second kappa shape index (κ2) is 8.41. The van der Waals surface area contributed by atoms with E-state index in [9.17, 15) is 14.4 Å². The van der Waals surface area contributed by atoms with E-state index in [-0.39, 0.29) is 17.2 Å². The van der Waals surface area contributed by atoms with Gasteiger partial charge in [-0.1, -0.05) is 17.4 Å². The van der Waals surface area contributed by atoms with Crippen LogP contribution in [-0.4, -0.2) is 58.6 Å². The van der Waals surface area contributed by atoms with Gasteiger partial charge in [-0.3, -0.25) is 19.1 Å². The van der Waals surface area contributed by atoms with E-state index < -0.39 is 0 Å². The summed E-state index contributed by atoms with van der Waals surface area (Å²) in [6.45, 7) is 6.32. The number of anilines is 1. The molecule has 3 heterocycles. The van der Waals surface area contributed by atoms with Gasteiger partial charge in [0, 0.05) is 46.3 Å². The van der Waals surface area contributed by atoms with Crippen LogP contribution in [0.5, 0.6) is 0 Å². The third kappa shape index (κ3) is 3.88. The van der Waals surface area contributed by atoms with Crippen LogP contribution in [0.4, 0.5) is 5.00 Å². The molecule has 30 heavy (non-hydrogen) atoms. The molecule has 1 fully saturated rings. The lowest BCUT2D eigenvalue weighted by molar-refractivity contribution is 0.0962. The number of carbonyl (C=O) groups excluding carboxylic acids is 1. The molecule has 0 radical (unpaired) electrons. The number of benzene rings is 1. The number of fused-ring (bicyclic) bond motifs is 1. The third-order valence-electron chi connectivity index (χ3n) is 5.37. The molecule has 1 aliphatic rings. The lowest BCUT2D eigenvalue weighted by Gasteiger charge is -2.35. The van der Waals surface area contributed by atoms with Crippen molar-refractivity contribution in [1.82, 2.24) is 24.8 Å². The summed E-state index contributed by atoms with van der Waals surface area (Å²) in [7, 11) is 1.60. The van der Waals surface area contributed by atoms with Crippen molar-refractivity contribution in [2.75, 3.05) is 38.1 Å². The molecule has 4 rings (SSSR count). The number of piperazine rings is 1. The van der Waals surface area contributed by atoms with Gasteiger partial charge in [-0.2, -0.15) is 0 Å². The molecule has 0 spiro atoms. The second-order valence-corrected chi connectivity index (χ2v) is 8.21.